The highest BCUT2D eigenvalue weighted by molar-refractivity contribution is 8.03. The van der Waals surface area contributed by atoms with Gasteiger partial charge >= 0.3 is 6.03 Å². The van der Waals surface area contributed by atoms with Crippen LogP contribution in [0.5, 0.6) is 0 Å². The fraction of sp³-hybridized carbons (Fsp3) is 0.286. The van der Waals surface area contributed by atoms with E-state index >= 15 is 0 Å². The van der Waals surface area contributed by atoms with E-state index in [9.17, 15) is 14.4 Å². The Hall–Kier alpha value is -3.00. The molecule has 29 heavy (non-hydrogen) atoms. The summed E-state index contributed by atoms with van der Waals surface area (Å²) in [4.78, 5) is 42.7. The Morgan fingerprint density at radius 3 is 2.59 bits per heavy atom. The van der Waals surface area contributed by atoms with Gasteiger partial charge in [-0.1, -0.05) is 18.2 Å². The number of allylic oxidation sites excluding steroid dienone is 1. The molecule has 0 bridgehead atoms. The average Bonchev–Trinajstić information content (AvgIpc) is 3.33. The molecule has 4 amide bonds. The second kappa shape index (κ2) is 7.79. The molecular weight excluding hydrogens is 390 g/mol. The van der Waals surface area contributed by atoms with Gasteiger partial charge < -0.3 is 14.6 Å². The summed E-state index contributed by atoms with van der Waals surface area (Å²) in [6.45, 7) is 3.97. The number of urea groups is 1. The zero-order valence-electron chi connectivity index (χ0n) is 16.1. The summed E-state index contributed by atoms with van der Waals surface area (Å²) >= 11 is 1.47. The lowest BCUT2D eigenvalue weighted by atomic mass is 9.95. The van der Waals surface area contributed by atoms with Gasteiger partial charge in [-0.05, 0) is 48.6 Å². The highest BCUT2D eigenvalue weighted by Gasteiger charge is 2.51. The predicted molar refractivity (Wildman–Crippen MR) is 110 cm³/mol. The third kappa shape index (κ3) is 3.55. The van der Waals surface area contributed by atoms with E-state index in [2.05, 4.69) is 5.32 Å². The monoisotopic (exact) mass is 411 g/mol. The molecule has 0 spiro atoms. The molecule has 2 aromatic rings. The molecule has 1 aromatic heterocycles. The smallest absolute Gasteiger partial charge is 0.332 e. The number of carbonyl (C=O) groups excluding carboxylic acids is 3. The predicted octanol–water partition coefficient (Wildman–Crippen LogP) is 3.35. The van der Waals surface area contributed by atoms with Crippen LogP contribution in [0.25, 0.3) is 0 Å². The Morgan fingerprint density at radius 1 is 1.14 bits per heavy atom. The van der Waals surface area contributed by atoms with Crippen molar-refractivity contribution in [2.24, 2.45) is 5.92 Å². The first kappa shape index (κ1) is 19.3. The molecule has 2 aliphatic heterocycles. The molecule has 1 aromatic carbocycles. The SMILES string of the molecule is CC1=C(C)C2C(=O)N(c3ccccc3)C(=O)N(CC(=O)NCc3ccco3)C2S1. The number of carbonyl (C=O) groups is 3. The molecule has 8 heteroatoms. The van der Waals surface area contributed by atoms with Crippen molar-refractivity contribution in [3.05, 3.63) is 65.0 Å². The van der Waals surface area contributed by atoms with Crippen molar-refractivity contribution in [3.8, 4) is 0 Å². The standard InChI is InChI=1S/C21H21N3O4S/c1-13-14(2)29-20-18(13)19(26)24(15-7-4-3-5-8-15)21(27)23(20)12-17(25)22-11-16-9-6-10-28-16/h3-10,18,20H,11-12H2,1-2H3,(H,22,25). The number of amides is 4. The first-order valence-corrected chi connectivity index (χ1v) is 10.2. The summed E-state index contributed by atoms with van der Waals surface area (Å²) in [5.74, 6) is -0.388. The topological polar surface area (TPSA) is 82.9 Å². The van der Waals surface area contributed by atoms with Gasteiger partial charge in [0.25, 0.3) is 0 Å². The lowest BCUT2D eigenvalue weighted by molar-refractivity contribution is -0.126. The molecule has 0 radical (unpaired) electrons. The minimum atomic E-state index is -0.481. The lowest BCUT2D eigenvalue weighted by Crippen LogP contribution is -2.61. The number of imide groups is 1. The molecule has 1 N–H and O–H groups in total. The highest BCUT2D eigenvalue weighted by Crippen LogP contribution is 2.47. The van der Waals surface area contributed by atoms with Crippen molar-refractivity contribution < 1.29 is 18.8 Å². The maximum Gasteiger partial charge on any atom is 0.332 e. The molecule has 1 fully saturated rings. The molecule has 3 heterocycles. The number of nitrogens with one attached hydrogen (secondary N) is 1. The largest absolute Gasteiger partial charge is 0.467 e. The second-order valence-corrected chi connectivity index (χ2v) is 8.33. The van der Waals surface area contributed by atoms with E-state index in [4.69, 9.17) is 4.42 Å². The van der Waals surface area contributed by atoms with Crippen LogP contribution >= 0.6 is 11.8 Å². The third-order valence-electron chi connectivity index (χ3n) is 5.20. The van der Waals surface area contributed by atoms with Crippen molar-refractivity contribution in [2.75, 3.05) is 11.4 Å². The number of hydrogen-bond donors (Lipinski definition) is 1. The second-order valence-electron chi connectivity index (χ2n) is 7.00. The Kier molecular flexibility index (Phi) is 5.19. The molecule has 0 aliphatic carbocycles. The van der Waals surface area contributed by atoms with Crippen molar-refractivity contribution in [1.82, 2.24) is 10.2 Å². The molecule has 2 aliphatic rings. The summed E-state index contributed by atoms with van der Waals surface area (Å²) in [7, 11) is 0. The molecule has 4 rings (SSSR count). The van der Waals surface area contributed by atoms with Crippen LogP contribution in [0.3, 0.4) is 0 Å². The Labute approximate surface area is 172 Å². The number of para-hydroxylation sites is 1. The minimum Gasteiger partial charge on any atom is -0.467 e. The molecule has 2 unspecified atom stereocenters. The molecule has 0 saturated carbocycles. The summed E-state index contributed by atoms with van der Waals surface area (Å²) in [6.07, 6.45) is 1.54. The van der Waals surface area contributed by atoms with Gasteiger partial charge in [0.2, 0.25) is 11.8 Å². The van der Waals surface area contributed by atoms with E-state index in [1.54, 1.807) is 36.4 Å². The maximum absolute atomic E-state index is 13.3. The first-order chi connectivity index (χ1) is 14.0. The summed E-state index contributed by atoms with van der Waals surface area (Å²) in [5, 5.41) is 2.36. The van der Waals surface area contributed by atoms with Gasteiger partial charge in [-0.15, -0.1) is 11.8 Å². The number of nitrogens with zero attached hydrogens (tertiary/aromatic N) is 2. The highest BCUT2D eigenvalue weighted by atomic mass is 32.2. The molecule has 7 nitrogen and oxygen atoms in total. The number of hydrogen-bond acceptors (Lipinski definition) is 5. The number of furan rings is 1. The minimum absolute atomic E-state index is 0.134. The molecule has 150 valence electrons. The molecular formula is C21H21N3O4S. The van der Waals surface area contributed by atoms with Crippen LogP contribution < -0.4 is 10.2 Å². The Morgan fingerprint density at radius 2 is 1.90 bits per heavy atom. The van der Waals surface area contributed by atoms with Crippen LogP contribution in [-0.4, -0.2) is 34.7 Å². The van der Waals surface area contributed by atoms with Gasteiger partial charge in [0.05, 0.1) is 29.8 Å². The number of rotatable bonds is 5. The lowest BCUT2D eigenvalue weighted by Gasteiger charge is -2.41. The summed E-state index contributed by atoms with van der Waals surface area (Å²) in [5.41, 5.74) is 1.45. The Balaban J connectivity index is 1.59. The van der Waals surface area contributed by atoms with E-state index in [0.29, 0.717) is 11.4 Å². The number of thioether (sulfide) groups is 1. The van der Waals surface area contributed by atoms with Gasteiger partial charge in [0.15, 0.2) is 0 Å². The van der Waals surface area contributed by atoms with E-state index in [1.807, 2.05) is 19.9 Å². The quantitative estimate of drug-likeness (QED) is 0.816. The van der Waals surface area contributed by atoms with E-state index < -0.39 is 17.3 Å². The van der Waals surface area contributed by atoms with Crippen LogP contribution in [-0.2, 0) is 16.1 Å². The first-order valence-electron chi connectivity index (χ1n) is 9.30. The molecule has 1 saturated heterocycles. The average molecular weight is 411 g/mol. The van der Waals surface area contributed by atoms with Gasteiger partial charge in [-0.2, -0.15) is 0 Å². The van der Waals surface area contributed by atoms with E-state index in [-0.39, 0.29) is 24.9 Å². The van der Waals surface area contributed by atoms with E-state index in [0.717, 1.165) is 10.5 Å². The summed E-state index contributed by atoms with van der Waals surface area (Å²) < 4.78 is 5.22. The van der Waals surface area contributed by atoms with Crippen LogP contribution in [0.1, 0.15) is 19.6 Å². The maximum atomic E-state index is 13.3. The van der Waals surface area contributed by atoms with Crippen LogP contribution in [0.4, 0.5) is 10.5 Å². The van der Waals surface area contributed by atoms with Crippen LogP contribution in [0.2, 0.25) is 0 Å². The van der Waals surface area contributed by atoms with Crippen LogP contribution in [0, 0.1) is 5.92 Å². The number of anilines is 1. The van der Waals surface area contributed by atoms with Gasteiger partial charge in [-0.3, -0.25) is 9.59 Å². The third-order valence-corrected chi connectivity index (χ3v) is 6.65. The zero-order valence-corrected chi connectivity index (χ0v) is 16.9. The van der Waals surface area contributed by atoms with E-state index in [1.165, 1.54) is 27.8 Å². The van der Waals surface area contributed by atoms with Crippen molar-refractivity contribution in [3.63, 3.8) is 0 Å². The van der Waals surface area contributed by atoms with Crippen molar-refractivity contribution >= 4 is 35.3 Å². The number of benzene rings is 1. The van der Waals surface area contributed by atoms with Crippen LogP contribution in [0.15, 0.2) is 63.6 Å². The van der Waals surface area contributed by atoms with Gasteiger partial charge in [0, 0.05) is 0 Å². The fourth-order valence-corrected chi connectivity index (χ4v) is 5.00. The van der Waals surface area contributed by atoms with Crippen molar-refractivity contribution in [2.45, 2.75) is 25.8 Å². The number of fused-ring (bicyclic) bond motifs is 1. The fourth-order valence-electron chi connectivity index (χ4n) is 3.58. The summed E-state index contributed by atoms with van der Waals surface area (Å²) in [6, 6.07) is 11.9. The zero-order chi connectivity index (χ0) is 20.5. The normalized spacial score (nSPS) is 21.6. The Bertz CT molecular complexity index is 971. The van der Waals surface area contributed by atoms with Gasteiger partial charge in [-0.25, -0.2) is 9.69 Å². The van der Waals surface area contributed by atoms with Crippen molar-refractivity contribution in [1.29, 1.82) is 0 Å². The van der Waals surface area contributed by atoms with Gasteiger partial charge in [0.1, 0.15) is 12.3 Å². The molecule has 2 atom stereocenters.